The van der Waals surface area contributed by atoms with E-state index in [-0.39, 0.29) is 12.1 Å². The zero-order valence-corrected chi connectivity index (χ0v) is 12.1. The largest absolute Gasteiger partial charge is 0.481 e. The summed E-state index contributed by atoms with van der Waals surface area (Å²) in [7, 11) is 2.06. The predicted octanol–water partition coefficient (Wildman–Crippen LogP) is 0.833. The van der Waals surface area contributed by atoms with Crippen LogP contribution in [0.2, 0.25) is 0 Å². The molecule has 1 rings (SSSR count). The van der Waals surface area contributed by atoms with Crippen LogP contribution < -0.4 is 5.32 Å². The molecule has 2 N–H and O–H groups in total. The second-order valence-corrected chi connectivity index (χ2v) is 5.42. The third kappa shape index (κ3) is 5.06. The molecular formula is C13H25N3O3. The highest BCUT2D eigenvalue weighted by Gasteiger charge is 2.23. The number of carbonyl (C=O) groups is 2. The Kier molecular flexibility index (Phi) is 6.08. The molecule has 2 unspecified atom stereocenters. The van der Waals surface area contributed by atoms with Gasteiger partial charge in [-0.1, -0.05) is 6.92 Å². The average molecular weight is 271 g/mol. The topological polar surface area (TPSA) is 72.9 Å². The lowest BCUT2D eigenvalue weighted by Crippen LogP contribution is -2.47. The van der Waals surface area contributed by atoms with Gasteiger partial charge in [0.05, 0.1) is 5.92 Å². The number of carboxylic acid groups (broad SMARTS) is 1. The van der Waals surface area contributed by atoms with Gasteiger partial charge in [-0.15, -0.1) is 0 Å². The van der Waals surface area contributed by atoms with E-state index in [4.69, 9.17) is 5.11 Å². The third-order valence-electron chi connectivity index (χ3n) is 3.58. The molecule has 1 heterocycles. The lowest BCUT2D eigenvalue weighted by Gasteiger charge is -2.28. The van der Waals surface area contributed by atoms with E-state index >= 15 is 0 Å². The first-order chi connectivity index (χ1) is 8.91. The number of urea groups is 1. The van der Waals surface area contributed by atoms with Crippen LogP contribution in [0, 0.1) is 5.92 Å². The summed E-state index contributed by atoms with van der Waals surface area (Å²) in [5.74, 6) is -1.24. The fourth-order valence-corrected chi connectivity index (χ4v) is 2.29. The number of hydrogen-bond donors (Lipinski definition) is 2. The van der Waals surface area contributed by atoms with Crippen LogP contribution in [0.1, 0.15) is 26.7 Å². The molecule has 0 saturated carbocycles. The molecule has 6 heteroatoms. The zero-order valence-electron chi connectivity index (χ0n) is 12.1. The monoisotopic (exact) mass is 271 g/mol. The molecule has 0 aromatic carbocycles. The fraction of sp³-hybridized carbons (Fsp3) is 0.846. The molecular weight excluding hydrogens is 246 g/mol. The van der Waals surface area contributed by atoms with E-state index in [0.29, 0.717) is 13.0 Å². The summed E-state index contributed by atoms with van der Waals surface area (Å²) in [5, 5.41) is 11.6. The molecule has 0 bridgehead atoms. The number of nitrogens with one attached hydrogen (secondary N) is 1. The first-order valence-electron chi connectivity index (χ1n) is 6.87. The number of likely N-dealkylation sites (N-methyl/N-ethyl adjacent to an activating group) is 1. The van der Waals surface area contributed by atoms with Gasteiger partial charge in [-0.25, -0.2) is 4.79 Å². The quantitative estimate of drug-likeness (QED) is 0.794. The van der Waals surface area contributed by atoms with Crippen LogP contribution in [0.15, 0.2) is 0 Å². The van der Waals surface area contributed by atoms with Crippen molar-refractivity contribution >= 4 is 12.0 Å². The van der Waals surface area contributed by atoms with E-state index in [9.17, 15) is 9.59 Å². The molecule has 0 aromatic heterocycles. The first-order valence-corrected chi connectivity index (χ1v) is 6.87. The molecule has 110 valence electrons. The van der Waals surface area contributed by atoms with Crippen LogP contribution in [-0.2, 0) is 4.79 Å². The van der Waals surface area contributed by atoms with E-state index in [1.807, 2.05) is 11.8 Å². The summed E-state index contributed by atoms with van der Waals surface area (Å²) in [5.41, 5.74) is 0. The zero-order chi connectivity index (χ0) is 14.4. The summed E-state index contributed by atoms with van der Waals surface area (Å²) in [6.07, 6.45) is 1.43. The third-order valence-corrected chi connectivity index (χ3v) is 3.58. The van der Waals surface area contributed by atoms with E-state index in [1.165, 1.54) is 0 Å². The molecule has 0 spiro atoms. The van der Waals surface area contributed by atoms with Crippen molar-refractivity contribution in [2.45, 2.75) is 32.7 Å². The van der Waals surface area contributed by atoms with Crippen molar-refractivity contribution in [1.29, 1.82) is 0 Å². The summed E-state index contributed by atoms with van der Waals surface area (Å²) in [6.45, 7) is 6.74. The van der Waals surface area contributed by atoms with Crippen molar-refractivity contribution in [3.63, 3.8) is 0 Å². The lowest BCUT2D eigenvalue weighted by atomic mass is 10.1. The SMILES string of the molecule is CC(CCNC(=O)N1CCCN(C)CC1C)C(=O)O. The van der Waals surface area contributed by atoms with Gasteiger partial charge in [0.2, 0.25) is 0 Å². The van der Waals surface area contributed by atoms with Crippen molar-refractivity contribution in [2.75, 3.05) is 33.2 Å². The minimum atomic E-state index is -0.820. The maximum atomic E-state index is 12.1. The molecule has 1 aliphatic heterocycles. The first kappa shape index (κ1) is 15.8. The number of aliphatic carboxylic acids is 1. The van der Waals surface area contributed by atoms with Crippen molar-refractivity contribution in [2.24, 2.45) is 5.92 Å². The maximum absolute atomic E-state index is 12.1. The Morgan fingerprint density at radius 3 is 2.74 bits per heavy atom. The van der Waals surface area contributed by atoms with Gasteiger partial charge >= 0.3 is 12.0 Å². The summed E-state index contributed by atoms with van der Waals surface area (Å²) in [4.78, 5) is 26.8. The summed E-state index contributed by atoms with van der Waals surface area (Å²) >= 11 is 0. The molecule has 0 aliphatic carbocycles. The molecule has 2 amide bonds. The summed E-state index contributed by atoms with van der Waals surface area (Å²) < 4.78 is 0. The van der Waals surface area contributed by atoms with Gasteiger partial charge in [-0.2, -0.15) is 0 Å². The van der Waals surface area contributed by atoms with Crippen LogP contribution in [0.5, 0.6) is 0 Å². The predicted molar refractivity (Wildman–Crippen MR) is 73.1 cm³/mol. The summed E-state index contributed by atoms with van der Waals surface area (Å²) in [6, 6.07) is 0.102. The van der Waals surface area contributed by atoms with E-state index in [0.717, 1.165) is 26.1 Å². The van der Waals surface area contributed by atoms with Crippen LogP contribution in [0.4, 0.5) is 4.79 Å². The van der Waals surface area contributed by atoms with Crippen molar-refractivity contribution in [3.05, 3.63) is 0 Å². The van der Waals surface area contributed by atoms with Crippen molar-refractivity contribution in [3.8, 4) is 0 Å². The number of carbonyl (C=O) groups excluding carboxylic acids is 1. The molecule has 6 nitrogen and oxygen atoms in total. The fourth-order valence-electron chi connectivity index (χ4n) is 2.29. The second kappa shape index (κ2) is 7.33. The second-order valence-electron chi connectivity index (χ2n) is 5.42. The van der Waals surface area contributed by atoms with E-state index in [2.05, 4.69) is 17.3 Å². The molecule has 1 saturated heterocycles. The number of nitrogens with zero attached hydrogens (tertiary/aromatic N) is 2. The van der Waals surface area contributed by atoms with Crippen molar-refractivity contribution in [1.82, 2.24) is 15.1 Å². The Bertz CT molecular complexity index is 322. The maximum Gasteiger partial charge on any atom is 0.317 e. The van der Waals surface area contributed by atoms with E-state index < -0.39 is 11.9 Å². The van der Waals surface area contributed by atoms with Crippen LogP contribution in [0.25, 0.3) is 0 Å². The minimum absolute atomic E-state index is 0.0830. The average Bonchev–Trinajstić information content (AvgIpc) is 2.49. The van der Waals surface area contributed by atoms with Gasteiger partial charge in [0.25, 0.3) is 0 Å². The van der Waals surface area contributed by atoms with Crippen LogP contribution in [-0.4, -0.2) is 66.2 Å². The Balaban J connectivity index is 2.37. The van der Waals surface area contributed by atoms with Crippen molar-refractivity contribution < 1.29 is 14.7 Å². The standard InChI is InChI=1S/C13H25N3O3/c1-10(12(17)18)5-6-14-13(19)16-8-4-7-15(3)9-11(16)2/h10-11H,4-9H2,1-3H3,(H,14,19)(H,17,18). The van der Waals surface area contributed by atoms with Gasteiger partial charge in [0.15, 0.2) is 0 Å². The number of carboxylic acids is 1. The number of rotatable bonds is 4. The Labute approximate surface area is 114 Å². The molecule has 1 fully saturated rings. The minimum Gasteiger partial charge on any atom is -0.481 e. The highest BCUT2D eigenvalue weighted by molar-refractivity contribution is 5.74. The van der Waals surface area contributed by atoms with Crippen LogP contribution in [0.3, 0.4) is 0 Å². The lowest BCUT2D eigenvalue weighted by molar-refractivity contribution is -0.141. The molecule has 1 aliphatic rings. The Hall–Kier alpha value is -1.30. The van der Waals surface area contributed by atoms with Gasteiger partial charge < -0.3 is 20.2 Å². The molecule has 0 aromatic rings. The highest BCUT2D eigenvalue weighted by Crippen LogP contribution is 2.09. The highest BCUT2D eigenvalue weighted by atomic mass is 16.4. The smallest absolute Gasteiger partial charge is 0.317 e. The van der Waals surface area contributed by atoms with Crippen LogP contribution >= 0.6 is 0 Å². The molecule has 19 heavy (non-hydrogen) atoms. The van der Waals surface area contributed by atoms with Gasteiger partial charge in [0, 0.05) is 25.7 Å². The normalized spacial score (nSPS) is 22.7. The molecule has 0 radical (unpaired) electrons. The number of amides is 2. The Morgan fingerprint density at radius 1 is 1.42 bits per heavy atom. The Morgan fingerprint density at radius 2 is 2.11 bits per heavy atom. The van der Waals surface area contributed by atoms with Gasteiger partial charge in [0.1, 0.15) is 0 Å². The van der Waals surface area contributed by atoms with Gasteiger partial charge in [-0.3, -0.25) is 4.79 Å². The number of hydrogen-bond acceptors (Lipinski definition) is 3. The van der Waals surface area contributed by atoms with Gasteiger partial charge in [-0.05, 0) is 33.4 Å². The molecule has 2 atom stereocenters. The van der Waals surface area contributed by atoms with E-state index in [1.54, 1.807) is 6.92 Å².